The summed E-state index contributed by atoms with van der Waals surface area (Å²) in [5, 5.41) is 9.90. The van der Waals surface area contributed by atoms with Crippen LogP contribution in [0.1, 0.15) is 30.0 Å². The number of halogens is 1. The lowest BCUT2D eigenvalue weighted by Gasteiger charge is -2.23. The summed E-state index contributed by atoms with van der Waals surface area (Å²) >= 11 is 7.17. The first kappa shape index (κ1) is 25.8. The Kier molecular flexibility index (Phi) is 7.67. The molecule has 0 aromatic heterocycles. The molecule has 2 aliphatic rings. The summed E-state index contributed by atoms with van der Waals surface area (Å²) in [6.45, 7) is 0. The summed E-state index contributed by atoms with van der Waals surface area (Å²) in [6.07, 6.45) is 0.614. The first-order valence-electron chi connectivity index (χ1n) is 11.9. The zero-order chi connectivity index (χ0) is 26.6. The molecule has 0 saturated heterocycles. The summed E-state index contributed by atoms with van der Waals surface area (Å²) in [5.41, 5.74) is 3.45. The molecule has 194 valence electrons. The molecule has 3 aromatic rings. The molecule has 0 bridgehead atoms. The largest absolute Gasteiger partial charge is 0.497 e. The van der Waals surface area contributed by atoms with Crippen molar-refractivity contribution in [2.24, 2.45) is 10.1 Å². The van der Waals surface area contributed by atoms with Crippen LogP contribution in [0.2, 0.25) is 5.02 Å². The number of benzene rings is 3. The van der Waals surface area contributed by atoms with Gasteiger partial charge in [0.15, 0.2) is 5.17 Å². The van der Waals surface area contributed by atoms with Crippen molar-refractivity contribution in [3.63, 3.8) is 0 Å². The van der Waals surface area contributed by atoms with Gasteiger partial charge < -0.3 is 14.8 Å². The predicted molar refractivity (Wildman–Crippen MR) is 150 cm³/mol. The quantitative estimate of drug-likeness (QED) is 0.417. The van der Waals surface area contributed by atoms with E-state index in [2.05, 4.69) is 10.3 Å². The number of rotatable bonds is 7. The van der Waals surface area contributed by atoms with Gasteiger partial charge >= 0.3 is 0 Å². The molecular weight excluding hydrogens is 524 g/mol. The molecule has 2 atom stereocenters. The first-order valence-corrected chi connectivity index (χ1v) is 13.2. The minimum Gasteiger partial charge on any atom is -0.497 e. The smallest absolute Gasteiger partial charge is 0.262 e. The second kappa shape index (κ2) is 11.3. The van der Waals surface area contributed by atoms with E-state index in [0.29, 0.717) is 22.3 Å². The number of nitrogens with one attached hydrogen (secondary N) is 1. The maximum absolute atomic E-state index is 12.8. The second-order valence-corrected chi connectivity index (χ2v) is 10.3. The molecule has 0 fully saturated rings. The second-order valence-electron chi connectivity index (χ2n) is 8.71. The number of hydrogen-bond donors (Lipinski definition) is 1. The number of anilines is 1. The molecule has 2 aliphatic heterocycles. The molecule has 5 rings (SSSR count). The molecule has 8 nitrogen and oxygen atoms in total. The van der Waals surface area contributed by atoms with E-state index >= 15 is 0 Å². The minimum atomic E-state index is -0.631. The fraction of sp³-hybridized carbons (Fsp3) is 0.214. The first-order chi connectivity index (χ1) is 18.4. The Bertz CT molecular complexity index is 1390. The number of aliphatic imine (C=N–C) groups is 1. The minimum absolute atomic E-state index is 0.00474. The number of carbonyl (C=O) groups excluding carboxylic acids is 2. The van der Waals surface area contributed by atoms with E-state index < -0.39 is 5.25 Å². The lowest BCUT2D eigenvalue weighted by Crippen LogP contribution is -2.25. The number of thioether (sulfide) groups is 1. The van der Waals surface area contributed by atoms with E-state index in [-0.39, 0.29) is 24.3 Å². The fourth-order valence-corrected chi connectivity index (χ4v) is 5.44. The van der Waals surface area contributed by atoms with Crippen LogP contribution in [0.4, 0.5) is 5.69 Å². The molecular formula is C28H25ClN4O4S. The molecule has 38 heavy (non-hydrogen) atoms. The van der Waals surface area contributed by atoms with Gasteiger partial charge in [0, 0.05) is 23.6 Å². The van der Waals surface area contributed by atoms with Crippen molar-refractivity contribution in [1.82, 2.24) is 5.01 Å². The fourth-order valence-electron chi connectivity index (χ4n) is 4.25. The number of ether oxygens (including phenoxy) is 2. The Morgan fingerprint density at radius 2 is 1.63 bits per heavy atom. The number of methoxy groups -OCH3 is 2. The van der Waals surface area contributed by atoms with E-state index in [1.54, 1.807) is 43.5 Å². The number of amides is 2. The van der Waals surface area contributed by atoms with Gasteiger partial charge in [0.1, 0.15) is 16.7 Å². The molecule has 2 amide bonds. The maximum Gasteiger partial charge on any atom is 0.262 e. The molecule has 0 unspecified atom stereocenters. The van der Waals surface area contributed by atoms with Crippen LogP contribution in [0.5, 0.6) is 11.5 Å². The van der Waals surface area contributed by atoms with Crippen LogP contribution in [0, 0.1) is 0 Å². The van der Waals surface area contributed by atoms with Gasteiger partial charge in [0.2, 0.25) is 5.91 Å². The number of nitrogens with zero attached hydrogens (tertiary/aromatic N) is 3. The predicted octanol–water partition coefficient (Wildman–Crippen LogP) is 5.54. The number of amidine groups is 1. The molecule has 3 aromatic carbocycles. The number of carbonyl (C=O) groups is 2. The van der Waals surface area contributed by atoms with Crippen LogP contribution in [-0.4, -0.2) is 47.2 Å². The molecule has 2 heterocycles. The lowest BCUT2D eigenvalue weighted by atomic mass is 9.98. The van der Waals surface area contributed by atoms with Gasteiger partial charge in [-0.15, -0.1) is 0 Å². The topological polar surface area (TPSA) is 92.6 Å². The summed E-state index contributed by atoms with van der Waals surface area (Å²) in [6, 6.07) is 22.1. The summed E-state index contributed by atoms with van der Waals surface area (Å²) in [4.78, 5) is 29.8. The Labute approximate surface area is 229 Å². The monoisotopic (exact) mass is 548 g/mol. The van der Waals surface area contributed by atoms with Gasteiger partial charge in [-0.25, -0.2) is 5.01 Å². The molecule has 0 saturated carbocycles. The van der Waals surface area contributed by atoms with E-state index in [1.165, 1.54) is 11.8 Å². The maximum atomic E-state index is 12.8. The third-order valence-electron chi connectivity index (χ3n) is 6.26. The van der Waals surface area contributed by atoms with Crippen molar-refractivity contribution in [3.05, 3.63) is 88.9 Å². The van der Waals surface area contributed by atoms with Crippen LogP contribution < -0.4 is 14.8 Å². The van der Waals surface area contributed by atoms with Crippen LogP contribution >= 0.6 is 23.4 Å². The summed E-state index contributed by atoms with van der Waals surface area (Å²) in [7, 11) is 3.25. The Morgan fingerprint density at radius 3 is 2.26 bits per heavy atom. The van der Waals surface area contributed by atoms with E-state index in [0.717, 1.165) is 28.3 Å². The van der Waals surface area contributed by atoms with Gasteiger partial charge in [0.05, 0.1) is 26.0 Å². The van der Waals surface area contributed by atoms with Gasteiger partial charge in [0.25, 0.3) is 5.91 Å². The van der Waals surface area contributed by atoms with E-state index in [9.17, 15) is 9.59 Å². The van der Waals surface area contributed by atoms with Crippen molar-refractivity contribution in [1.29, 1.82) is 0 Å². The van der Waals surface area contributed by atoms with Crippen LogP contribution in [0.25, 0.3) is 0 Å². The van der Waals surface area contributed by atoms with Crippen LogP contribution in [0.3, 0.4) is 0 Å². The lowest BCUT2D eigenvalue weighted by molar-refractivity contribution is -0.121. The summed E-state index contributed by atoms with van der Waals surface area (Å²) < 4.78 is 10.6. The molecule has 0 radical (unpaired) electrons. The van der Waals surface area contributed by atoms with Crippen LogP contribution in [0.15, 0.2) is 82.9 Å². The number of hydrogen-bond acceptors (Lipinski definition) is 7. The van der Waals surface area contributed by atoms with Crippen molar-refractivity contribution >= 4 is 51.7 Å². The third kappa shape index (κ3) is 5.69. The average molecular weight is 549 g/mol. The average Bonchev–Trinajstić information content (AvgIpc) is 3.54. The Morgan fingerprint density at radius 1 is 1.00 bits per heavy atom. The highest BCUT2D eigenvalue weighted by molar-refractivity contribution is 8.15. The Balaban J connectivity index is 1.35. The standard InChI is InChI=1S/C28H25ClN4O4S/c1-36-21-11-3-17(4-12-21)23-15-24(18-5-13-22(37-2)14-6-18)33(32-23)28-31-27(35)25(38-28)16-26(34)30-20-9-7-19(29)8-10-20/h3-14,24-25H,15-16H2,1-2H3,(H,30,34)/t24-,25+/m1/s1. The zero-order valence-electron chi connectivity index (χ0n) is 20.8. The normalized spacial score (nSPS) is 18.7. The van der Waals surface area contributed by atoms with Crippen molar-refractivity contribution in [2.45, 2.75) is 24.1 Å². The van der Waals surface area contributed by atoms with Crippen molar-refractivity contribution in [3.8, 4) is 11.5 Å². The molecule has 0 aliphatic carbocycles. The summed E-state index contributed by atoms with van der Waals surface area (Å²) in [5.74, 6) is 0.893. The van der Waals surface area contributed by atoms with Gasteiger partial charge in [-0.05, 0) is 71.8 Å². The third-order valence-corrected chi connectivity index (χ3v) is 7.65. The highest BCUT2D eigenvalue weighted by atomic mass is 35.5. The van der Waals surface area contributed by atoms with Gasteiger partial charge in [-0.3, -0.25) is 9.59 Å². The van der Waals surface area contributed by atoms with E-state index in [1.807, 2.05) is 48.5 Å². The van der Waals surface area contributed by atoms with Gasteiger partial charge in [-0.1, -0.05) is 35.5 Å². The molecule has 1 N–H and O–H groups in total. The van der Waals surface area contributed by atoms with Gasteiger partial charge in [-0.2, -0.15) is 10.1 Å². The van der Waals surface area contributed by atoms with Crippen molar-refractivity contribution in [2.75, 3.05) is 19.5 Å². The van der Waals surface area contributed by atoms with Crippen LogP contribution in [-0.2, 0) is 9.59 Å². The number of hydrazone groups is 1. The van der Waals surface area contributed by atoms with Crippen molar-refractivity contribution < 1.29 is 19.1 Å². The SMILES string of the molecule is COc1ccc(C2=NN(C3=NC(=O)[C@H](CC(=O)Nc4ccc(Cl)cc4)S3)[C@@H](c3ccc(OC)cc3)C2)cc1. The molecule has 0 spiro atoms. The highest BCUT2D eigenvalue weighted by Crippen LogP contribution is 2.39. The highest BCUT2D eigenvalue weighted by Gasteiger charge is 2.39. The van der Waals surface area contributed by atoms with E-state index in [4.69, 9.17) is 26.2 Å². The Hall–Kier alpha value is -3.82. The zero-order valence-corrected chi connectivity index (χ0v) is 22.3. The molecule has 10 heteroatoms.